The van der Waals surface area contributed by atoms with E-state index in [0.717, 1.165) is 23.1 Å². The van der Waals surface area contributed by atoms with Crippen LogP contribution in [-0.4, -0.2) is 83.3 Å². The number of amides is 2. The summed E-state index contributed by atoms with van der Waals surface area (Å²) in [4.78, 5) is 60.0. The van der Waals surface area contributed by atoms with Crippen LogP contribution in [0.4, 0.5) is 5.82 Å². The lowest BCUT2D eigenvalue weighted by atomic mass is 9.99. The Hall–Kier alpha value is -5.15. The molecule has 4 bridgehead atoms. The molecule has 2 aliphatic heterocycles. The fraction of sp³-hybridized carbons (Fsp3) is 0.343. The minimum absolute atomic E-state index is 0.187. The van der Waals surface area contributed by atoms with Gasteiger partial charge in [-0.2, -0.15) is 10.2 Å². The summed E-state index contributed by atoms with van der Waals surface area (Å²) < 4.78 is 9.85. The molecule has 50 heavy (non-hydrogen) atoms. The number of ether oxygens (including phenoxy) is 1. The third-order valence-electron chi connectivity index (χ3n) is 9.58. The van der Waals surface area contributed by atoms with E-state index in [9.17, 15) is 14.4 Å². The van der Waals surface area contributed by atoms with Crippen molar-refractivity contribution in [2.24, 2.45) is 15.4 Å². The van der Waals surface area contributed by atoms with E-state index in [4.69, 9.17) is 4.74 Å². The van der Waals surface area contributed by atoms with E-state index in [1.807, 2.05) is 23.9 Å². The first-order valence-corrected chi connectivity index (χ1v) is 16.9. The van der Waals surface area contributed by atoms with Crippen molar-refractivity contribution in [3.8, 4) is 0 Å². The highest BCUT2D eigenvalue weighted by molar-refractivity contribution is 9.10. The Morgan fingerprint density at radius 3 is 2.80 bits per heavy atom. The van der Waals surface area contributed by atoms with Crippen molar-refractivity contribution >= 4 is 73.9 Å². The highest BCUT2D eigenvalue weighted by Crippen LogP contribution is 2.60. The second-order valence-corrected chi connectivity index (χ2v) is 13.9. The van der Waals surface area contributed by atoms with Crippen molar-refractivity contribution in [3.05, 3.63) is 76.7 Å². The molecule has 1 saturated heterocycles. The summed E-state index contributed by atoms with van der Waals surface area (Å²) in [7, 11) is 0. The quantitative estimate of drug-likeness (QED) is 0.133. The predicted octanol–water partition coefficient (Wildman–Crippen LogP) is 4.71. The van der Waals surface area contributed by atoms with Crippen molar-refractivity contribution in [2.75, 3.05) is 11.9 Å². The molecule has 1 saturated carbocycles. The van der Waals surface area contributed by atoms with Gasteiger partial charge in [0.05, 0.1) is 36.8 Å². The molecule has 2 fully saturated rings. The molecule has 1 aliphatic carbocycles. The number of carbonyl (C=O) groups excluding carboxylic acids is 3. The summed E-state index contributed by atoms with van der Waals surface area (Å²) in [6, 6.07) is 4.43. The number of nitrogens with zero attached hydrogens (tertiary/aromatic N) is 9. The van der Waals surface area contributed by atoms with Crippen LogP contribution in [0.1, 0.15) is 60.9 Å². The number of rotatable bonds is 5. The second kappa shape index (κ2) is 12.9. The van der Waals surface area contributed by atoms with Gasteiger partial charge in [0.25, 0.3) is 0 Å². The number of carbonyl (C=O) groups is 3. The van der Waals surface area contributed by atoms with Gasteiger partial charge >= 0.3 is 0 Å². The van der Waals surface area contributed by atoms with E-state index >= 15 is 0 Å². The van der Waals surface area contributed by atoms with Gasteiger partial charge in [-0.25, -0.2) is 15.0 Å². The number of halogens is 1. The number of hydrogen-bond acceptors (Lipinski definition) is 9. The lowest BCUT2D eigenvalue weighted by Gasteiger charge is -2.27. The number of piperidine rings is 1. The molecule has 14 nitrogen and oxygen atoms in total. The molecule has 1 spiro atoms. The molecule has 2 amide bonds. The number of amidine groups is 1. The first kappa shape index (κ1) is 33.4. The highest BCUT2D eigenvalue weighted by atomic mass is 79.9. The molecule has 4 aromatic heterocycles. The number of likely N-dealkylation sites (tertiary alicyclic amines) is 1. The lowest BCUT2D eigenvalue weighted by Crippen LogP contribution is -2.47. The standard InChI is InChI=1S/C35H35BrN10O4/c1-19(11-38-22(4)37-5)26-8-25-28(13-39-26)45(43-32(25)21(3)47)15-31(48)46-27-9-35(10-29(35)46)18-44-14-24(12-40-44)20(2)16-50-17-23-6-7-30(36)41-33(23)42-34(27)49/h6-8,11-14,27,29H,2,5,9-10,15-18H2,1,3-4H3,(H,41,42,49)/b19-11+,38-22-/t27-,29+,35-/m0/s1. The lowest BCUT2D eigenvalue weighted by molar-refractivity contribution is -0.138. The van der Waals surface area contributed by atoms with E-state index in [0.29, 0.717) is 51.4 Å². The van der Waals surface area contributed by atoms with Crippen molar-refractivity contribution in [1.82, 2.24) is 34.4 Å². The Kier molecular flexibility index (Phi) is 8.64. The maximum atomic E-state index is 14.3. The Morgan fingerprint density at radius 2 is 2.02 bits per heavy atom. The number of anilines is 1. The molecular formula is C35H35BrN10O4. The maximum Gasteiger partial charge on any atom is 0.248 e. The van der Waals surface area contributed by atoms with Gasteiger partial charge in [0.15, 0.2) is 5.78 Å². The summed E-state index contributed by atoms with van der Waals surface area (Å²) in [6.45, 7) is 13.5. The number of ketones is 1. The zero-order chi connectivity index (χ0) is 35.3. The van der Waals surface area contributed by atoms with Crippen molar-refractivity contribution in [3.63, 3.8) is 0 Å². The number of aliphatic imine (C=N–C) groups is 2. The largest absolute Gasteiger partial charge is 0.372 e. The van der Waals surface area contributed by atoms with Crippen LogP contribution in [0.25, 0.3) is 22.0 Å². The number of pyridine rings is 2. The number of fused-ring (bicyclic) bond motifs is 5. The predicted molar refractivity (Wildman–Crippen MR) is 191 cm³/mol. The van der Waals surface area contributed by atoms with Crippen LogP contribution in [-0.2, 0) is 34.0 Å². The minimum Gasteiger partial charge on any atom is -0.372 e. The summed E-state index contributed by atoms with van der Waals surface area (Å²) >= 11 is 3.41. The van der Waals surface area contributed by atoms with E-state index in [2.05, 4.69) is 64.7 Å². The van der Waals surface area contributed by atoms with E-state index in [-0.39, 0.29) is 54.5 Å². The summed E-state index contributed by atoms with van der Waals surface area (Å²) in [5, 5.41) is 12.7. The molecule has 3 aliphatic rings. The van der Waals surface area contributed by atoms with E-state index < -0.39 is 6.04 Å². The third kappa shape index (κ3) is 6.22. The fourth-order valence-corrected chi connectivity index (χ4v) is 7.14. The van der Waals surface area contributed by atoms with Crippen LogP contribution in [0.2, 0.25) is 0 Å². The molecule has 0 aromatic carbocycles. The van der Waals surface area contributed by atoms with Crippen molar-refractivity contribution in [1.29, 1.82) is 0 Å². The van der Waals surface area contributed by atoms with Crippen LogP contribution in [0, 0.1) is 5.41 Å². The molecular weight excluding hydrogens is 704 g/mol. The molecule has 256 valence electrons. The molecule has 1 N–H and O–H groups in total. The van der Waals surface area contributed by atoms with Crippen LogP contribution < -0.4 is 5.32 Å². The van der Waals surface area contributed by atoms with Crippen LogP contribution in [0.15, 0.2) is 64.2 Å². The first-order chi connectivity index (χ1) is 24.0. The Balaban J connectivity index is 1.22. The van der Waals surface area contributed by atoms with Crippen molar-refractivity contribution < 1.29 is 19.1 Å². The average Bonchev–Trinajstić information content (AvgIpc) is 3.38. The zero-order valence-electron chi connectivity index (χ0n) is 27.9. The van der Waals surface area contributed by atoms with Gasteiger partial charge in [-0.3, -0.25) is 28.7 Å². The second-order valence-electron chi connectivity index (χ2n) is 13.1. The van der Waals surface area contributed by atoms with Crippen LogP contribution >= 0.6 is 15.9 Å². The topological polar surface area (TPSA) is 162 Å². The number of allylic oxidation sites excluding steroid dienone is 1. The number of nitrogens with one attached hydrogen (secondary N) is 1. The van der Waals surface area contributed by atoms with Gasteiger partial charge < -0.3 is 15.0 Å². The SMILES string of the molecule is C=N/C(C)=N\C=C(/C)c1cc2c(C(C)=O)nn(CC(=O)N3[C@H]4C[C@]5(C[C@@H]35)Cn3cc(cn3)C(=C)COCc3ccc(Br)nc3NC4=O)c2cn1. The smallest absolute Gasteiger partial charge is 0.248 e. The number of aromatic nitrogens is 6. The van der Waals surface area contributed by atoms with Gasteiger partial charge in [-0.15, -0.1) is 0 Å². The minimum atomic E-state index is -0.772. The molecule has 0 radical (unpaired) electrons. The Labute approximate surface area is 296 Å². The van der Waals surface area contributed by atoms with Gasteiger partial charge in [0, 0.05) is 53.8 Å². The highest BCUT2D eigenvalue weighted by Gasteiger charge is 2.67. The molecule has 4 aromatic rings. The molecule has 6 heterocycles. The van der Waals surface area contributed by atoms with Crippen LogP contribution in [0.3, 0.4) is 0 Å². The monoisotopic (exact) mass is 738 g/mol. The molecule has 3 atom stereocenters. The molecule has 7 rings (SSSR count). The fourth-order valence-electron chi connectivity index (χ4n) is 6.83. The first-order valence-electron chi connectivity index (χ1n) is 16.1. The van der Waals surface area contributed by atoms with Gasteiger partial charge in [-0.05, 0) is 72.6 Å². The molecule has 15 heteroatoms. The van der Waals surface area contributed by atoms with Crippen molar-refractivity contribution in [2.45, 2.75) is 65.4 Å². The van der Waals surface area contributed by atoms with Crippen LogP contribution in [0.5, 0.6) is 0 Å². The average molecular weight is 740 g/mol. The summed E-state index contributed by atoms with van der Waals surface area (Å²) in [5.41, 5.74) is 4.09. The third-order valence-corrected chi connectivity index (χ3v) is 10.0. The zero-order valence-corrected chi connectivity index (χ0v) is 29.5. The Morgan fingerprint density at radius 1 is 1.20 bits per heavy atom. The van der Waals surface area contributed by atoms with Gasteiger partial charge in [0.1, 0.15) is 34.5 Å². The summed E-state index contributed by atoms with van der Waals surface area (Å²) in [5.74, 6) is -0.0241. The molecule has 0 unspecified atom stereocenters. The van der Waals surface area contributed by atoms with Gasteiger partial charge in [-0.1, -0.05) is 12.6 Å². The summed E-state index contributed by atoms with van der Waals surface area (Å²) in [6.07, 6.45) is 8.10. The van der Waals surface area contributed by atoms with E-state index in [1.54, 1.807) is 42.6 Å². The number of hydrogen-bond donors (Lipinski definition) is 1. The maximum absolute atomic E-state index is 14.3. The normalized spacial score (nSPS) is 22.4. The number of Topliss-reactive ketones (excluding diaryl/α,β-unsaturated/α-hetero) is 1. The van der Waals surface area contributed by atoms with Gasteiger partial charge in [0.2, 0.25) is 11.8 Å². The Bertz CT molecular complexity index is 2170. The van der Waals surface area contributed by atoms with E-state index in [1.165, 1.54) is 11.6 Å².